The van der Waals surface area contributed by atoms with Gasteiger partial charge in [0.15, 0.2) is 11.5 Å². The van der Waals surface area contributed by atoms with Crippen LogP contribution in [0.15, 0.2) is 42.5 Å². The molecule has 0 radical (unpaired) electrons. The summed E-state index contributed by atoms with van der Waals surface area (Å²) in [4.78, 5) is 14.9. The van der Waals surface area contributed by atoms with Gasteiger partial charge in [-0.05, 0) is 54.1 Å². The van der Waals surface area contributed by atoms with Crippen molar-refractivity contribution in [3.05, 3.63) is 59.2 Å². The monoisotopic (exact) mass is 394 g/mol. The Hall–Kier alpha value is -2.53. The van der Waals surface area contributed by atoms with Crippen LogP contribution >= 0.6 is 0 Å². The van der Waals surface area contributed by atoms with Crippen LogP contribution in [0.3, 0.4) is 0 Å². The fourth-order valence-electron chi connectivity index (χ4n) is 4.10. The molecular weight excluding hydrogens is 364 g/mol. The lowest BCUT2D eigenvalue weighted by atomic mass is 9.99. The second kappa shape index (κ2) is 9.31. The predicted molar refractivity (Wildman–Crippen MR) is 113 cm³/mol. The van der Waals surface area contributed by atoms with E-state index < -0.39 is 0 Å². The Morgan fingerprint density at radius 1 is 1.03 bits per heavy atom. The van der Waals surface area contributed by atoms with E-state index in [0.717, 1.165) is 35.1 Å². The third-order valence-electron chi connectivity index (χ3n) is 5.63. The summed E-state index contributed by atoms with van der Waals surface area (Å²) in [6.07, 6.45) is 2.98. The molecule has 0 aliphatic carbocycles. The van der Waals surface area contributed by atoms with E-state index in [1.54, 1.807) is 0 Å². The largest absolute Gasteiger partial charge is 0.486 e. The van der Waals surface area contributed by atoms with Crippen molar-refractivity contribution in [1.82, 2.24) is 10.2 Å². The average molecular weight is 395 g/mol. The number of hydrogen-bond acceptors (Lipinski definition) is 4. The molecule has 0 spiro atoms. The van der Waals surface area contributed by atoms with Crippen LogP contribution in [0.25, 0.3) is 0 Å². The summed E-state index contributed by atoms with van der Waals surface area (Å²) >= 11 is 0. The number of benzene rings is 2. The molecule has 154 valence electrons. The van der Waals surface area contributed by atoms with Crippen LogP contribution in [0.2, 0.25) is 0 Å². The van der Waals surface area contributed by atoms with Gasteiger partial charge >= 0.3 is 0 Å². The number of nitrogens with zero attached hydrogens (tertiary/aromatic N) is 1. The number of ether oxygens (including phenoxy) is 2. The summed E-state index contributed by atoms with van der Waals surface area (Å²) < 4.78 is 11.1. The molecule has 1 N–H and O–H groups in total. The van der Waals surface area contributed by atoms with Crippen LogP contribution in [0, 0.1) is 5.92 Å². The van der Waals surface area contributed by atoms with Crippen molar-refractivity contribution in [3.8, 4) is 11.5 Å². The first-order valence-corrected chi connectivity index (χ1v) is 10.6. The molecule has 2 aliphatic heterocycles. The van der Waals surface area contributed by atoms with Crippen LogP contribution in [0.4, 0.5) is 0 Å². The molecule has 2 aromatic rings. The smallest absolute Gasteiger partial charge is 0.224 e. The molecule has 1 saturated heterocycles. The van der Waals surface area contributed by atoms with Gasteiger partial charge in [-0.2, -0.15) is 0 Å². The Bertz CT molecular complexity index is 835. The predicted octanol–water partition coefficient (Wildman–Crippen LogP) is 3.55. The minimum atomic E-state index is 0.00746. The van der Waals surface area contributed by atoms with E-state index in [-0.39, 0.29) is 5.91 Å². The van der Waals surface area contributed by atoms with Crippen LogP contribution in [-0.4, -0.2) is 37.1 Å². The molecule has 0 saturated carbocycles. The highest BCUT2D eigenvalue weighted by atomic mass is 16.6. The first-order valence-electron chi connectivity index (χ1n) is 10.6. The molecule has 4 rings (SSSR count). The second-order valence-electron chi connectivity index (χ2n) is 8.23. The summed E-state index contributed by atoms with van der Waals surface area (Å²) in [6, 6.07) is 14.3. The Morgan fingerprint density at radius 2 is 1.76 bits per heavy atom. The van der Waals surface area contributed by atoms with E-state index in [0.29, 0.717) is 26.2 Å². The van der Waals surface area contributed by atoms with E-state index in [4.69, 9.17) is 9.47 Å². The van der Waals surface area contributed by atoms with Crippen molar-refractivity contribution in [3.63, 3.8) is 0 Å². The molecule has 0 aromatic heterocycles. The van der Waals surface area contributed by atoms with E-state index in [1.165, 1.54) is 31.5 Å². The van der Waals surface area contributed by atoms with Gasteiger partial charge < -0.3 is 14.8 Å². The Morgan fingerprint density at radius 3 is 2.55 bits per heavy atom. The number of carbonyl (C=O) groups is 1. The molecule has 1 atom stereocenters. The summed E-state index contributed by atoms with van der Waals surface area (Å²) in [5.41, 5.74) is 3.39. The Balaban J connectivity index is 1.25. The number of piperidine rings is 1. The fourth-order valence-corrected chi connectivity index (χ4v) is 4.10. The van der Waals surface area contributed by atoms with Gasteiger partial charge in [-0.15, -0.1) is 0 Å². The lowest BCUT2D eigenvalue weighted by Crippen LogP contribution is -2.33. The highest BCUT2D eigenvalue weighted by Gasteiger charge is 2.16. The average Bonchev–Trinajstić information content (AvgIpc) is 2.73. The molecule has 2 heterocycles. The number of rotatable bonds is 6. The molecule has 0 bridgehead atoms. The van der Waals surface area contributed by atoms with Gasteiger partial charge in [-0.3, -0.25) is 9.69 Å². The second-order valence-corrected chi connectivity index (χ2v) is 8.23. The van der Waals surface area contributed by atoms with Gasteiger partial charge in [0, 0.05) is 19.6 Å². The lowest BCUT2D eigenvalue weighted by Gasteiger charge is -2.30. The highest BCUT2D eigenvalue weighted by molar-refractivity contribution is 5.78. The highest BCUT2D eigenvalue weighted by Crippen LogP contribution is 2.30. The molecular formula is C24H30N2O3. The third-order valence-corrected chi connectivity index (χ3v) is 5.63. The van der Waals surface area contributed by atoms with Crippen molar-refractivity contribution in [2.24, 2.45) is 5.92 Å². The number of fused-ring (bicyclic) bond motifs is 1. The van der Waals surface area contributed by atoms with Gasteiger partial charge in [-0.25, -0.2) is 0 Å². The topological polar surface area (TPSA) is 50.8 Å². The van der Waals surface area contributed by atoms with E-state index >= 15 is 0 Å². The minimum Gasteiger partial charge on any atom is -0.486 e. The van der Waals surface area contributed by atoms with Gasteiger partial charge in [0.25, 0.3) is 0 Å². The Kier molecular flexibility index (Phi) is 6.35. The number of carbonyl (C=O) groups excluding carboxylic acids is 1. The minimum absolute atomic E-state index is 0.00746. The number of hydrogen-bond donors (Lipinski definition) is 1. The van der Waals surface area contributed by atoms with Crippen molar-refractivity contribution >= 4 is 5.91 Å². The maximum Gasteiger partial charge on any atom is 0.224 e. The van der Waals surface area contributed by atoms with Crippen molar-refractivity contribution in [1.29, 1.82) is 0 Å². The maximum atomic E-state index is 12.3. The zero-order valence-corrected chi connectivity index (χ0v) is 17.2. The van der Waals surface area contributed by atoms with Crippen LogP contribution in [0.1, 0.15) is 36.5 Å². The van der Waals surface area contributed by atoms with Crippen molar-refractivity contribution in [2.45, 2.75) is 39.3 Å². The first-order chi connectivity index (χ1) is 14.2. The zero-order chi connectivity index (χ0) is 20.1. The molecule has 5 heteroatoms. The molecule has 2 aromatic carbocycles. The molecule has 1 amide bonds. The lowest BCUT2D eigenvalue weighted by molar-refractivity contribution is -0.120. The summed E-state index contributed by atoms with van der Waals surface area (Å²) in [7, 11) is 0. The zero-order valence-electron chi connectivity index (χ0n) is 17.2. The van der Waals surface area contributed by atoms with Crippen molar-refractivity contribution < 1.29 is 14.3 Å². The van der Waals surface area contributed by atoms with Gasteiger partial charge in [0.05, 0.1) is 6.42 Å². The van der Waals surface area contributed by atoms with Crippen LogP contribution in [0.5, 0.6) is 11.5 Å². The van der Waals surface area contributed by atoms with Gasteiger partial charge in [0.1, 0.15) is 13.2 Å². The summed E-state index contributed by atoms with van der Waals surface area (Å²) in [5.74, 6) is 2.28. The van der Waals surface area contributed by atoms with Crippen molar-refractivity contribution in [2.75, 3.05) is 26.3 Å². The molecule has 5 nitrogen and oxygen atoms in total. The quantitative estimate of drug-likeness (QED) is 0.814. The molecule has 2 aliphatic rings. The van der Waals surface area contributed by atoms with Crippen LogP contribution < -0.4 is 14.8 Å². The number of amides is 1. The molecule has 1 fully saturated rings. The maximum absolute atomic E-state index is 12.3. The third kappa shape index (κ3) is 5.51. The normalized spacial score (nSPS) is 19.0. The number of nitrogens with one attached hydrogen (secondary N) is 1. The summed E-state index contributed by atoms with van der Waals surface area (Å²) in [6.45, 7) is 7.41. The first kappa shape index (κ1) is 19.8. The molecule has 29 heavy (non-hydrogen) atoms. The molecule has 1 unspecified atom stereocenters. The van der Waals surface area contributed by atoms with E-state index in [2.05, 4.69) is 41.4 Å². The number of likely N-dealkylation sites (tertiary alicyclic amines) is 1. The Labute approximate surface area is 173 Å². The SMILES string of the molecule is CC1CCCN(Cc2ccc(CNC(=O)Cc3ccc4c(c3)OCCO4)cc2)C1. The van der Waals surface area contributed by atoms with Crippen LogP contribution in [-0.2, 0) is 24.3 Å². The van der Waals surface area contributed by atoms with Gasteiger partial charge in [-0.1, -0.05) is 37.3 Å². The summed E-state index contributed by atoms with van der Waals surface area (Å²) in [5, 5.41) is 3.01. The fraction of sp³-hybridized carbons (Fsp3) is 0.458. The van der Waals surface area contributed by atoms with E-state index in [9.17, 15) is 4.79 Å². The van der Waals surface area contributed by atoms with E-state index in [1.807, 2.05) is 18.2 Å². The van der Waals surface area contributed by atoms with Gasteiger partial charge in [0.2, 0.25) is 5.91 Å². The standard InChI is InChI=1S/C24H30N2O3/c1-18-3-2-10-26(16-18)17-20-6-4-19(5-7-20)15-25-24(27)14-21-8-9-22-23(13-21)29-12-11-28-22/h4-9,13,18H,2-3,10-12,14-17H2,1H3,(H,25,27).